The highest BCUT2D eigenvalue weighted by atomic mass is 16.5. The first kappa shape index (κ1) is 9.11. The zero-order chi connectivity index (χ0) is 9.80. The summed E-state index contributed by atoms with van der Waals surface area (Å²) in [4.78, 5) is 15.3. The molecular weight excluding hydrogens is 182 g/mol. The molecule has 1 fully saturated rings. The highest BCUT2D eigenvalue weighted by Crippen LogP contribution is 1.98. The Morgan fingerprint density at radius 2 is 2.43 bits per heavy atom. The minimum atomic E-state index is -0.176. The fourth-order valence-corrected chi connectivity index (χ4v) is 1.06. The van der Waals surface area contributed by atoms with Crippen LogP contribution in [-0.4, -0.2) is 30.1 Å². The van der Waals surface area contributed by atoms with E-state index in [0.29, 0.717) is 18.8 Å². The van der Waals surface area contributed by atoms with E-state index >= 15 is 0 Å². The van der Waals surface area contributed by atoms with E-state index in [1.54, 1.807) is 18.3 Å². The summed E-state index contributed by atoms with van der Waals surface area (Å²) in [6, 6.07) is 3.67. The van der Waals surface area contributed by atoms with Crippen molar-refractivity contribution in [3.05, 3.63) is 30.1 Å². The number of rotatable bonds is 3. The predicted molar refractivity (Wildman–Crippen MR) is 49.4 cm³/mol. The average molecular weight is 193 g/mol. The van der Waals surface area contributed by atoms with Crippen LogP contribution < -0.4 is 10.9 Å². The van der Waals surface area contributed by atoms with Crippen LogP contribution in [0.4, 0.5) is 0 Å². The van der Waals surface area contributed by atoms with E-state index in [-0.39, 0.29) is 11.9 Å². The number of nitrogens with zero attached hydrogens (tertiary/aromatic N) is 1. The van der Waals surface area contributed by atoms with Gasteiger partial charge in [-0.1, -0.05) is 0 Å². The Hall–Kier alpha value is -1.46. The van der Waals surface area contributed by atoms with Gasteiger partial charge in [0.2, 0.25) is 0 Å². The van der Waals surface area contributed by atoms with E-state index in [9.17, 15) is 4.79 Å². The van der Waals surface area contributed by atoms with Crippen LogP contribution in [0.25, 0.3) is 0 Å². The van der Waals surface area contributed by atoms with Crippen LogP contribution >= 0.6 is 0 Å². The Balaban J connectivity index is 1.83. The van der Waals surface area contributed by atoms with E-state index in [1.807, 2.05) is 0 Å². The molecule has 0 aromatic carbocycles. The number of nitrogens with one attached hydrogen (secondary N) is 2. The number of carbonyl (C=O) groups is 1. The Kier molecular flexibility index (Phi) is 2.71. The molecule has 1 aromatic rings. The summed E-state index contributed by atoms with van der Waals surface area (Å²) in [7, 11) is 0. The van der Waals surface area contributed by atoms with Gasteiger partial charge in [-0.3, -0.25) is 15.2 Å². The second kappa shape index (κ2) is 4.17. The molecule has 0 radical (unpaired) electrons. The second-order valence-corrected chi connectivity index (χ2v) is 3.07. The van der Waals surface area contributed by atoms with Gasteiger partial charge in [-0.25, -0.2) is 5.43 Å². The van der Waals surface area contributed by atoms with Gasteiger partial charge in [0, 0.05) is 12.4 Å². The summed E-state index contributed by atoms with van der Waals surface area (Å²) in [6.45, 7) is 1.29. The fraction of sp³-hybridized carbons (Fsp3) is 0.333. The number of amides is 1. The molecule has 74 valence electrons. The molecule has 1 aliphatic rings. The Morgan fingerprint density at radius 1 is 1.57 bits per heavy atom. The lowest BCUT2D eigenvalue weighted by molar-refractivity contribution is -0.0104. The first-order chi connectivity index (χ1) is 6.86. The maximum Gasteiger partial charge on any atom is 0.266 e. The molecule has 0 saturated carbocycles. The van der Waals surface area contributed by atoms with Gasteiger partial charge in [0.1, 0.15) is 0 Å². The molecule has 2 N–H and O–H groups in total. The molecule has 0 spiro atoms. The summed E-state index contributed by atoms with van der Waals surface area (Å²) in [5.41, 5.74) is 6.00. The number of carbonyl (C=O) groups excluding carboxylic acids is 1. The van der Waals surface area contributed by atoms with Crippen LogP contribution in [-0.2, 0) is 4.74 Å². The molecule has 14 heavy (non-hydrogen) atoms. The first-order valence-corrected chi connectivity index (χ1v) is 4.40. The molecule has 1 aliphatic heterocycles. The summed E-state index contributed by atoms with van der Waals surface area (Å²) in [5, 5.41) is 0. The Bertz CT molecular complexity index is 311. The van der Waals surface area contributed by atoms with Crippen LogP contribution in [0, 0.1) is 0 Å². The molecule has 2 heterocycles. The molecule has 0 atom stereocenters. The van der Waals surface area contributed by atoms with Crippen LogP contribution in [0.5, 0.6) is 0 Å². The van der Waals surface area contributed by atoms with Crippen molar-refractivity contribution in [1.82, 2.24) is 15.8 Å². The minimum Gasteiger partial charge on any atom is -0.378 e. The lowest BCUT2D eigenvalue weighted by Crippen LogP contribution is -2.53. The summed E-state index contributed by atoms with van der Waals surface area (Å²) in [5.74, 6) is -0.176. The van der Waals surface area contributed by atoms with Gasteiger partial charge in [0.05, 0.1) is 24.8 Å². The van der Waals surface area contributed by atoms with Crippen molar-refractivity contribution in [2.45, 2.75) is 6.04 Å². The SMILES string of the molecule is O=C(NNC1COC1)c1cccnc1. The van der Waals surface area contributed by atoms with Gasteiger partial charge in [-0.05, 0) is 12.1 Å². The van der Waals surface area contributed by atoms with Gasteiger partial charge in [-0.2, -0.15) is 0 Å². The number of aromatic nitrogens is 1. The van der Waals surface area contributed by atoms with Crippen molar-refractivity contribution in [2.75, 3.05) is 13.2 Å². The first-order valence-electron chi connectivity index (χ1n) is 4.40. The highest BCUT2D eigenvalue weighted by Gasteiger charge is 2.18. The van der Waals surface area contributed by atoms with Crippen molar-refractivity contribution >= 4 is 5.91 Å². The van der Waals surface area contributed by atoms with E-state index in [1.165, 1.54) is 6.20 Å². The Labute approximate surface area is 81.4 Å². The van der Waals surface area contributed by atoms with Crippen molar-refractivity contribution in [3.8, 4) is 0 Å². The molecule has 0 bridgehead atoms. The quantitative estimate of drug-likeness (QED) is 0.648. The lowest BCUT2D eigenvalue weighted by atomic mass is 10.2. The van der Waals surface area contributed by atoms with Gasteiger partial charge in [0.15, 0.2) is 0 Å². The van der Waals surface area contributed by atoms with E-state index in [4.69, 9.17) is 4.74 Å². The van der Waals surface area contributed by atoms with Crippen LogP contribution in [0.1, 0.15) is 10.4 Å². The van der Waals surface area contributed by atoms with Crippen molar-refractivity contribution in [2.24, 2.45) is 0 Å². The van der Waals surface area contributed by atoms with E-state index in [0.717, 1.165) is 0 Å². The van der Waals surface area contributed by atoms with Crippen LogP contribution in [0.2, 0.25) is 0 Å². The van der Waals surface area contributed by atoms with Gasteiger partial charge in [0.25, 0.3) is 5.91 Å². The van der Waals surface area contributed by atoms with Crippen molar-refractivity contribution < 1.29 is 9.53 Å². The lowest BCUT2D eigenvalue weighted by Gasteiger charge is -2.26. The molecule has 1 amide bonds. The van der Waals surface area contributed by atoms with E-state index in [2.05, 4.69) is 15.8 Å². The van der Waals surface area contributed by atoms with Gasteiger partial charge < -0.3 is 4.74 Å². The predicted octanol–water partition coefficient (Wildman–Crippen LogP) is -0.285. The zero-order valence-corrected chi connectivity index (χ0v) is 7.56. The average Bonchev–Trinajstić information content (AvgIpc) is 2.16. The number of hydrazine groups is 1. The summed E-state index contributed by atoms with van der Waals surface area (Å²) < 4.78 is 4.95. The van der Waals surface area contributed by atoms with E-state index < -0.39 is 0 Å². The minimum absolute atomic E-state index is 0.176. The smallest absolute Gasteiger partial charge is 0.266 e. The third-order valence-corrected chi connectivity index (χ3v) is 1.95. The molecule has 1 saturated heterocycles. The molecule has 2 rings (SSSR count). The maximum absolute atomic E-state index is 11.4. The second-order valence-electron chi connectivity index (χ2n) is 3.07. The molecule has 5 nitrogen and oxygen atoms in total. The highest BCUT2D eigenvalue weighted by molar-refractivity contribution is 5.93. The third-order valence-electron chi connectivity index (χ3n) is 1.95. The molecule has 1 aromatic heterocycles. The Morgan fingerprint density at radius 3 is 3.00 bits per heavy atom. The third kappa shape index (κ3) is 2.07. The van der Waals surface area contributed by atoms with Gasteiger partial charge in [-0.15, -0.1) is 0 Å². The largest absolute Gasteiger partial charge is 0.378 e. The monoisotopic (exact) mass is 193 g/mol. The number of hydrogen-bond acceptors (Lipinski definition) is 4. The fourth-order valence-electron chi connectivity index (χ4n) is 1.06. The molecule has 5 heteroatoms. The molecular formula is C9H11N3O2. The topological polar surface area (TPSA) is 63.2 Å². The van der Waals surface area contributed by atoms with Crippen LogP contribution in [0.3, 0.4) is 0 Å². The van der Waals surface area contributed by atoms with Crippen LogP contribution in [0.15, 0.2) is 24.5 Å². The molecule has 0 unspecified atom stereocenters. The number of pyridine rings is 1. The van der Waals surface area contributed by atoms with Crippen molar-refractivity contribution in [1.29, 1.82) is 0 Å². The maximum atomic E-state index is 11.4. The number of hydrogen-bond donors (Lipinski definition) is 2. The standard InChI is InChI=1S/C9H11N3O2/c13-9(7-2-1-3-10-4-7)12-11-8-5-14-6-8/h1-4,8,11H,5-6H2,(H,12,13). The zero-order valence-electron chi connectivity index (χ0n) is 7.56. The number of ether oxygens (including phenoxy) is 1. The van der Waals surface area contributed by atoms with Gasteiger partial charge >= 0.3 is 0 Å². The summed E-state index contributed by atoms with van der Waals surface area (Å²) >= 11 is 0. The van der Waals surface area contributed by atoms with Crippen molar-refractivity contribution in [3.63, 3.8) is 0 Å². The molecule has 0 aliphatic carbocycles. The summed E-state index contributed by atoms with van der Waals surface area (Å²) in [6.07, 6.45) is 3.15. The normalized spacial score (nSPS) is 16.0.